The van der Waals surface area contributed by atoms with E-state index >= 15 is 0 Å². The van der Waals surface area contributed by atoms with E-state index < -0.39 is 23.7 Å². The third kappa shape index (κ3) is 4.67. The Morgan fingerprint density at radius 3 is 2.58 bits per heavy atom. The molecule has 0 bridgehead atoms. The SMILES string of the molecule is C=CC(=O)N1CCCC[C@H]1c1nc(-c2ccc(C(=O)Nc3cc(C)c(F)cn3)cc2)c(C(N)=O)n1N. The van der Waals surface area contributed by atoms with E-state index in [4.69, 9.17) is 11.6 Å². The molecular formula is C25H26FN7O3. The van der Waals surface area contributed by atoms with Crippen LogP contribution in [-0.2, 0) is 4.79 Å². The van der Waals surface area contributed by atoms with Crippen LogP contribution < -0.4 is 16.9 Å². The van der Waals surface area contributed by atoms with Crippen LogP contribution in [0.4, 0.5) is 10.2 Å². The van der Waals surface area contributed by atoms with Crippen LogP contribution >= 0.6 is 0 Å². The number of amides is 3. The van der Waals surface area contributed by atoms with E-state index in [1.54, 1.807) is 36.1 Å². The highest BCUT2D eigenvalue weighted by molar-refractivity contribution is 6.04. The van der Waals surface area contributed by atoms with Crippen molar-refractivity contribution < 1.29 is 18.8 Å². The minimum atomic E-state index is -0.775. The Labute approximate surface area is 206 Å². The molecule has 2 aromatic heterocycles. The average Bonchev–Trinajstić information content (AvgIpc) is 3.23. The molecule has 0 unspecified atom stereocenters. The number of carbonyl (C=O) groups excluding carboxylic acids is 3. The van der Waals surface area contributed by atoms with Gasteiger partial charge in [-0.25, -0.2) is 19.0 Å². The fourth-order valence-electron chi connectivity index (χ4n) is 4.28. The summed E-state index contributed by atoms with van der Waals surface area (Å²) < 4.78 is 14.6. The van der Waals surface area contributed by atoms with Crippen molar-refractivity contribution in [3.8, 4) is 11.3 Å². The lowest BCUT2D eigenvalue weighted by Crippen LogP contribution is -2.39. The number of likely N-dealkylation sites (tertiary alicyclic amines) is 1. The van der Waals surface area contributed by atoms with Crippen LogP contribution in [0, 0.1) is 12.7 Å². The second-order valence-corrected chi connectivity index (χ2v) is 8.50. The number of hydrogen-bond acceptors (Lipinski definition) is 6. The number of piperidine rings is 1. The second kappa shape index (κ2) is 9.98. The van der Waals surface area contributed by atoms with Crippen LogP contribution in [0.1, 0.15) is 57.5 Å². The van der Waals surface area contributed by atoms with Gasteiger partial charge in [-0.3, -0.25) is 14.4 Å². The Kier molecular flexibility index (Phi) is 6.82. The van der Waals surface area contributed by atoms with Crippen molar-refractivity contribution in [3.05, 3.63) is 77.6 Å². The number of imidazole rings is 1. The van der Waals surface area contributed by atoms with E-state index in [9.17, 15) is 18.8 Å². The van der Waals surface area contributed by atoms with Gasteiger partial charge >= 0.3 is 0 Å². The van der Waals surface area contributed by atoms with Crippen LogP contribution in [0.15, 0.2) is 49.2 Å². The molecule has 1 aromatic carbocycles. The lowest BCUT2D eigenvalue weighted by Gasteiger charge is -2.34. The summed E-state index contributed by atoms with van der Waals surface area (Å²) in [5, 5.41) is 2.62. The smallest absolute Gasteiger partial charge is 0.269 e. The summed E-state index contributed by atoms with van der Waals surface area (Å²) >= 11 is 0. The Balaban J connectivity index is 1.64. The van der Waals surface area contributed by atoms with Crippen molar-refractivity contribution in [2.75, 3.05) is 17.7 Å². The third-order valence-corrected chi connectivity index (χ3v) is 6.14. The van der Waals surface area contributed by atoms with Crippen molar-refractivity contribution in [2.45, 2.75) is 32.2 Å². The largest absolute Gasteiger partial charge is 0.364 e. The summed E-state index contributed by atoms with van der Waals surface area (Å²) in [5.41, 5.74) is 7.05. The van der Waals surface area contributed by atoms with E-state index in [2.05, 4.69) is 21.9 Å². The van der Waals surface area contributed by atoms with Crippen LogP contribution in [0.3, 0.4) is 0 Å². The fraction of sp³-hybridized carbons (Fsp3) is 0.240. The molecule has 36 heavy (non-hydrogen) atoms. The molecule has 0 aliphatic carbocycles. The number of aromatic nitrogens is 3. The number of primary amides is 1. The molecule has 1 saturated heterocycles. The maximum atomic E-state index is 13.4. The summed E-state index contributed by atoms with van der Waals surface area (Å²) in [6.45, 7) is 5.66. The maximum absolute atomic E-state index is 13.4. The molecule has 3 aromatic rings. The van der Waals surface area contributed by atoms with Crippen LogP contribution in [0.2, 0.25) is 0 Å². The molecule has 1 aliphatic heterocycles. The number of aryl methyl sites for hydroxylation is 1. The van der Waals surface area contributed by atoms with E-state index in [0.717, 1.165) is 23.7 Å². The van der Waals surface area contributed by atoms with Gasteiger partial charge in [0.05, 0.1) is 12.2 Å². The van der Waals surface area contributed by atoms with Gasteiger partial charge in [-0.1, -0.05) is 18.7 Å². The average molecular weight is 492 g/mol. The van der Waals surface area contributed by atoms with E-state index in [1.165, 1.54) is 12.1 Å². The summed E-state index contributed by atoms with van der Waals surface area (Å²) in [6.07, 6.45) is 4.61. The van der Waals surface area contributed by atoms with Gasteiger partial charge in [-0.05, 0) is 56.0 Å². The van der Waals surface area contributed by atoms with E-state index in [1.807, 2.05) is 0 Å². The second-order valence-electron chi connectivity index (χ2n) is 8.50. The van der Waals surface area contributed by atoms with Gasteiger partial charge in [0.1, 0.15) is 17.3 Å². The minimum absolute atomic E-state index is 0.00948. The quantitative estimate of drug-likeness (QED) is 0.356. The highest BCUT2D eigenvalue weighted by Gasteiger charge is 2.33. The van der Waals surface area contributed by atoms with Gasteiger partial charge < -0.3 is 21.8 Å². The van der Waals surface area contributed by atoms with Crippen molar-refractivity contribution in [2.24, 2.45) is 5.73 Å². The van der Waals surface area contributed by atoms with Crippen molar-refractivity contribution in [3.63, 3.8) is 0 Å². The summed E-state index contributed by atoms with van der Waals surface area (Å²) in [5.74, 6) is 4.89. The molecule has 1 aliphatic rings. The Morgan fingerprint density at radius 2 is 1.94 bits per heavy atom. The third-order valence-electron chi connectivity index (χ3n) is 6.14. The Bertz CT molecular complexity index is 1350. The molecule has 3 amide bonds. The van der Waals surface area contributed by atoms with E-state index in [-0.39, 0.29) is 23.1 Å². The van der Waals surface area contributed by atoms with Crippen LogP contribution in [-0.4, -0.2) is 43.8 Å². The molecular weight excluding hydrogens is 465 g/mol. The molecule has 10 nitrogen and oxygen atoms in total. The molecule has 0 radical (unpaired) electrons. The number of nitrogens with zero attached hydrogens (tertiary/aromatic N) is 4. The first-order chi connectivity index (χ1) is 17.2. The van der Waals surface area contributed by atoms with Gasteiger partial charge in [0.25, 0.3) is 11.8 Å². The normalized spacial score (nSPS) is 15.4. The number of halogens is 1. The molecule has 1 atom stereocenters. The molecule has 0 spiro atoms. The van der Waals surface area contributed by atoms with E-state index in [0.29, 0.717) is 35.5 Å². The number of anilines is 1. The highest BCUT2D eigenvalue weighted by atomic mass is 19.1. The van der Waals surface area contributed by atoms with Gasteiger partial charge in [0.15, 0.2) is 11.5 Å². The van der Waals surface area contributed by atoms with Gasteiger partial charge in [0, 0.05) is 17.7 Å². The lowest BCUT2D eigenvalue weighted by molar-refractivity contribution is -0.129. The minimum Gasteiger partial charge on any atom is -0.364 e. The first-order valence-corrected chi connectivity index (χ1v) is 11.4. The molecule has 4 rings (SSSR count). The number of rotatable bonds is 6. The molecule has 5 N–H and O–H groups in total. The first kappa shape index (κ1) is 24.6. The number of benzene rings is 1. The molecule has 3 heterocycles. The fourth-order valence-corrected chi connectivity index (χ4v) is 4.28. The first-order valence-electron chi connectivity index (χ1n) is 11.4. The van der Waals surface area contributed by atoms with Gasteiger partial charge in [0.2, 0.25) is 5.91 Å². The predicted octanol–water partition coefficient (Wildman–Crippen LogP) is 2.70. The number of nitrogens with two attached hydrogens (primary N) is 2. The standard InChI is InChI=1S/C25H26FN7O3/c1-3-20(34)32-11-5-4-6-18(32)24-31-21(22(23(27)35)33(24)28)15-7-9-16(10-8-15)25(36)30-19-12-14(2)17(26)13-29-19/h3,7-10,12-13,18H,1,4-6,11,28H2,2H3,(H2,27,35)(H,29,30,36)/t18-/m0/s1. The van der Waals surface area contributed by atoms with Crippen molar-refractivity contribution in [1.29, 1.82) is 0 Å². The van der Waals surface area contributed by atoms with Crippen LogP contribution in [0.5, 0.6) is 0 Å². The zero-order valence-corrected chi connectivity index (χ0v) is 19.7. The van der Waals surface area contributed by atoms with Crippen LogP contribution in [0.25, 0.3) is 11.3 Å². The Morgan fingerprint density at radius 1 is 1.22 bits per heavy atom. The summed E-state index contributed by atoms with van der Waals surface area (Å²) in [7, 11) is 0. The zero-order chi connectivity index (χ0) is 26.0. The summed E-state index contributed by atoms with van der Waals surface area (Å²) in [4.78, 5) is 47.4. The van der Waals surface area contributed by atoms with Gasteiger partial charge in [-0.15, -0.1) is 0 Å². The topological polar surface area (TPSA) is 149 Å². The lowest BCUT2D eigenvalue weighted by atomic mass is 10.0. The number of hydrogen-bond donors (Lipinski definition) is 3. The van der Waals surface area contributed by atoms with Crippen molar-refractivity contribution in [1.82, 2.24) is 19.5 Å². The number of carbonyl (C=O) groups is 3. The number of nitrogen functional groups attached to an aromatic ring is 1. The number of nitrogens with one attached hydrogen (secondary N) is 1. The highest BCUT2D eigenvalue weighted by Crippen LogP contribution is 2.33. The maximum Gasteiger partial charge on any atom is 0.269 e. The molecule has 11 heteroatoms. The Hall–Kier alpha value is -4.54. The molecule has 0 saturated carbocycles. The monoisotopic (exact) mass is 491 g/mol. The predicted molar refractivity (Wildman–Crippen MR) is 132 cm³/mol. The molecule has 1 fully saturated rings. The van der Waals surface area contributed by atoms with Crippen molar-refractivity contribution >= 4 is 23.5 Å². The van der Waals surface area contributed by atoms with Gasteiger partial charge in [-0.2, -0.15) is 0 Å². The number of pyridine rings is 1. The summed E-state index contributed by atoms with van der Waals surface area (Å²) in [6, 6.07) is 7.33. The zero-order valence-electron chi connectivity index (χ0n) is 19.7. The molecule has 186 valence electrons.